The van der Waals surface area contributed by atoms with Gasteiger partial charge >= 0.3 is 6.03 Å². The van der Waals surface area contributed by atoms with Gasteiger partial charge in [0, 0.05) is 12.5 Å². The van der Waals surface area contributed by atoms with E-state index in [0.29, 0.717) is 40.4 Å². The number of benzene rings is 3. The van der Waals surface area contributed by atoms with E-state index in [1.807, 2.05) is 38.1 Å². The number of anilines is 1. The van der Waals surface area contributed by atoms with E-state index in [1.54, 1.807) is 30.3 Å². The summed E-state index contributed by atoms with van der Waals surface area (Å²) < 4.78 is 14.4. The molecule has 190 valence electrons. The molecule has 0 radical (unpaired) electrons. The number of rotatable bonds is 7. The van der Waals surface area contributed by atoms with Crippen LogP contribution < -0.4 is 19.7 Å². The summed E-state index contributed by atoms with van der Waals surface area (Å²) in [5.74, 6) is -0.525. The zero-order valence-corrected chi connectivity index (χ0v) is 25.1. The summed E-state index contributed by atoms with van der Waals surface area (Å²) in [5.41, 5.74) is 2.53. The molecule has 10 heteroatoms. The fourth-order valence-electron chi connectivity index (χ4n) is 3.60. The van der Waals surface area contributed by atoms with E-state index in [1.165, 1.54) is 6.08 Å². The first kappa shape index (κ1) is 27.3. The van der Waals surface area contributed by atoms with Gasteiger partial charge in [0.05, 0.1) is 12.3 Å². The minimum Gasteiger partial charge on any atom is -0.490 e. The molecule has 7 nitrogen and oxygen atoms in total. The van der Waals surface area contributed by atoms with E-state index < -0.39 is 17.8 Å². The zero-order chi connectivity index (χ0) is 26.7. The Morgan fingerprint density at radius 3 is 2.32 bits per heavy atom. The van der Waals surface area contributed by atoms with E-state index in [0.717, 1.165) is 24.1 Å². The minimum atomic E-state index is -0.803. The molecule has 37 heavy (non-hydrogen) atoms. The van der Waals surface area contributed by atoms with Crippen molar-refractivity contribution in [1.82, 2.24) is 5.32 Å². The van der Waals surface area contributed by atoms with Crippen LogP contribution in [0.2, 0.25) is 0 Å². The molecular weight excluding hydrogens is 719 g/mol. The maximum Gasteiger partial charge on any atom is 0.335 e. The standard InChI is InChI=1S/C27H21Br2IN2O5/c1-3-36-23-12-17(22(29)13-24(23)37-14-16-4-6-18(30)7-5-16)11-20-25(33)31-27(35)32(26(20)34)19-8-9-21(28)15(2)10-19/h4-13H,3,14H2,1-2H3,(H,31,33,35)/b20-11+. The number of carbonyl (C=O) groups is 3. The molecule has 1 N–H and O–H groups in total. The van der Waals surface area contributed by atoms with Crippen molar-refractivity contribution < 1.29 is 23.9 Å². The molecule has 0 bridgehead atoms. The lowest BCUT2D eigenvalue weighted by Gasteiger charge is -2.27. The van der Waals surface area contributed by atoms with Crippen LogP contribution in [0.25, 0.3) is 6.08 Å². The molecule has 3 aromatic carbocycles. The summed E-state index contributed by atoms with van der Waals surface area (Å²) in [6.45, 7) is 4.43. The van der Waals surface area contributed by atoms with Gasteiger partial charge in [-0.25, -0.2) is 9.69 Å². The molecule has 1 fully saturated rings. The first-order valence-corrected chi connectivity index (χ1v) is 13.9. The van der Waals surface area contributed by atoms with E-state index in [4.69, 9.17) is 9.47 Å². The summed E-state index contributed by atoms with van der Waals surface area (Å²) in [6, 6.07) is 15.7. The van der Waals surface area contributed by atoms with E-state index in [2.05, 4.69) is 59.8 Å². The SMILES string of the molecule is CCOc1cc(/C=C2\C(=O)NC(=O)N(c3ccc(Br)c(C)c3)C2=O)c(Br)cc1OCc1ccc(I)cc1. The average Bonchev–Trinajstić information content (AvgIpc) is 2.85. The zero-order valence-electron chi connectivity index (χ0n) is 19.8. The molecule has 1 saturated heterocycles. The molecule has 1 aliphatic rings. The Bertz CT molecular complexity index is 1420. The van der Waals surface area contributed by atoms with Crippen molar-refractivity contribution in [3.63, 3.8) is 0 Å². The summed E-state index contributed by atoms with van der Waals surface area (Å²) in [6.07, 6.45) is 1.43. The molecule has 0 aliphatic carbocycles. The van der Waals surface area contributed by atoms with Gasteiger partial charge in [0.1, 0.15) is 12.2 Å². The highest BCUT2D eigenvalue weighted by molar-refractivity contribution is 14.1. The highest BCUT2D eigenvalue weighted by Gasteiger charge is 2.37. The lowest BCUT2D eigenvalue weighted by Crippen LogP contribution is -2.54. The van der Waals surface area contributed by atoms with Gasteiger partial charge < -0.3 is 9.47 Å². The van der Waals surface area contributed by atoms with Crippen molar-refractivity contribution in [3.05, 3.63) is 89.4 Å². The topological polar surface area (TPSA) is 84.9 Å². The Morgan fingerprint density at radius 1 is 0.946 bits per heavy atom. The van der Waals surface area contributed by atoms with Crippen molar-refractivity contribution in [2.24, 2.45) is 0 Å². The molecule has 0 atom stereocenters. The van der Waals surface area contributed by atoms with Gasteiger partial charge in [0.25, 0.3) is 11.8 Å². The van der Waals surface area contributed by atoms with Gasteiger partial charge in [-0.3, -0.25) is 14.9 Å². The van der Waals surface area contributed by atoms with Crippen molar-refractivity contribution >= 4 is 84.1 Å². The van der Waals surface area contributed by atoms with Crippen LogP contribution in [0.5, 0.6) is 11.5 Å². The lowest BCUT2D eigenvalue weighted by molar-refractivity contribution is -0.122. The molecule has 4 amide bonds. The molecule has 4 rings (SSSR count). The number of nitrogens with one attached hydrogen (secondary N) is 1. The third-order valence-corrected chi connectivity index (χ3v) is 7.77. The third kappa shape index (κ3) is 6.24. The monoisotopic (exact) mass is 738 g/mol. The summed E-state index contributed by atoms with van der Waals surface area (Å²) in [7, 11) is 0. The number of urea groups is 1. The summed E-state index contributed by atoms with van der Waals surface area (Å²) in [5, 5.41) is 2.25. The number of imide groups is 2. The second-order valence-electron chi connectivity index (χ2n) is 8.06. The number of hydrogen-bond acceptors (Lipinski definition) is 5. The normalized spacial score (nSPS) is 14.7. The van der Waals surface area contributed by atoms with Gasteiger partial charge in [-0.15, -0.1) is 0 Å². The first-order chi connectivity index (χ1) is 17.7. The highest BCUT2D eigenvalue weighted by Crippen LogP contribution is 2.36. The molecule has 0 unspecified atom stereocenters. The Labute approximate surface area is 244 Å². The van der Waals surface area contributed by atoms with E-state index in [9.17, 15) is 14.4 Å². The number of ether oxygens (including phenoxy) is 2. The highest BCUT2D eigenvalue weighted by atomic mass is 127. The first-order valence-electron chi connectivity index (χ1n) is 11.2. The number of barbiturate groups is 1. The van der Waals surface area contributed by atoms with Gasteiger partial charge in [-0.05, 0) is 102 Å². The molecular formula is C27H21Br2IN2O5. The van der Waals surface area contributed by atoms with Gasteiger partial charge in [0.2, 0.25) is 0 Å². The van der Waals surface area contributed by atoms with Crippen LogP contribution in [0.3, 0.4) is 0 Å². The van der Waals surface area contributed by atoms with Gasteiger partial charge in [-0.1, -0.05) is 44.0 Å². The Morgan fingerprint density at radius 2 is 1.65 bits per heavy atom. The van der Waals surface area contributed by atoms with E-state index in [-0.39, 0.29) is 5.57 Å². The third-order valence-electron chi connectivity index (χ3n) is 5.47. The van der Waals surface area contributed by atoms with Crippen molar-refractivity contribution in [2.45, 2.75) is 20.5 Å². The number of nitrogens with zero attached hydrogens (tertiary/aromatic N) is 1. The van der Waals surface area contributed by atoms with Crippen LogP contribution in [0.4, 0.5) is 10.5 Å². The Hall–Kier alpha value is -2.70. The largest absolute Gasteiger partial charge is 0.490 e. The molecule has 0 saturated carbocycles. The van der Waals surface area contributed by atoms with E-state index >= 15 is 0 Å². The number of carbonyl (C=O) groups excluding carboxylic acids is 3. The molecule has 0 spiro atoms. The Balaban J connectivity index is 1.66. The van der Waals surface area contributed by atoms with Crippen LogP contribution >= 0.6 is 54.5 Å². The molecule has 1 heterocycles. The van der Waals surface area contributed by atoms with Gasteiger partial charge in [0.15, 0.2) is 11.5 Å². The average molecular weight is 740 g/mol. The van der Waals surface area contributed by atoms with Crippen LogP contribution in [-0.4, -0.2) is 24.5 Å². The van der Waals surface area contributed by atoms with Crippen LogP contribution in [-0.2, 0) is 16.2 Å². The van der Waals surface area contributed by atoms with Crippen LogP contribution in [0, 0.1) is 10.5 Å². The number of hydrogen-bond donors (Lipinski definition) is 1. The van der Waals surface area contributed by atoms with Crippen LogP contribution in [0.15, 0.2) is 69.1 Å². The predicted octanol–water partition coefficient (Wildman–Crippen LogP) is 6.77. The number of aryl methyl sites for hydroxylation is 1. The maximum absolute atomic E-state index is 13.3. The lowest BCUT2D eigenvalue weighted by atomic mass is 10.1. The molecule has 0 aromatic heterocycles. The predicted molar refractivity (Wildman–Crippen MR) is 157 cm³/mol. The summed E-state index contributed by atoms with van der Waals surface area (Å²) in [4.78, 5) is 39.5. The smallest absolute Gasteiger partial charge is 0.335 e. The van der Waals surface area contributed by atoms with Crippen molar-refractivity contribution in [2.75, 3.05) is 11.5 Å². The fourth-order valence-corrected chi connectivity index (χ4v) is 4.64. The second kappa shape index (κ2) is 11.8. The fraction of sp³-hybridized carbons (Fsp3) is 0.148. The molecule has 3 aromatic rings. The van der Waals surface area contributed by atoms with Gasteiger partial charge in [-0.2, -0.15) is 0 Å². The van der Waals surface area contributed by atoms with Crippen LogP contribution in [0.1, 0.15) is 23.6 Å². The Kier molecular flexibility index (Phi) is 8.71. The quantitative estimate of drug-likeness (QED) is 0.164. The van der Waals surface area contributed by atoms with Crippen molar-refractivity contribution in [3.8, 4) is 11.5 Å². The second-order valence-corrected chi connectivity index (χ2v) is 11.0. The summed E-state index contributed by atoms with van der Waals surface area (Å²) >= 11 is 9.17. The maximum atomic E-state index is 13.3. The number of amides is 4. The number of halogens is 3. The minimum absolute atomic E-state index is 0.184. The van der Waals surface area contributed by atoms with Crippen molar-refractivity contribution in [1.29, 1.82) is 0 Å². The molecule has 1 aliphatic heterocycles.